The lowest BCUT2D eigenvalue weighted by Gasteiger charge is -2.12. The van der Waals surface area contributed by atoms with Gasteiger partial charge in [0.25, 0.3) is 0 Å². The molecule has 0 aromatic carbocycles. The average Bonchev–Trinajstić information content (AvgIpc) is 2.76. The van der Waals surface area contributed by atoms with Crippen molar-refractivity contribution in [1.82, 2.24) is 25.1 Å². The van der Waals surface area contributed by atoms with Gasteiger partial charge in [-0.05, 0) is 19.1 Å². The van der Waals surface area contributed by atoms with E-state index in [1.165, 1.54) is 12.3 Å². The van der Waals surface area contributed by atoms with E-state index in [9.17, 15) is 4.39 Å². The fourth-order valence-corrected chi connectivity index (χ4v) is 1.65. The summed E-state index contributed by atoms with van der Waals surface area (Å²) in [6.45, 7) is 2.75. The summed E-state index contributed by atoms with van der Waals surface area (Å²) in [5, 5.41) is 7.49. The Bertz CT molecular complexity index is 493. The molecule has 18 heavy (non-hydrogen) atoms. The Balaban J connectivity index is 1.81. The molecule has 2 aromatic rings. The molecule has 0 bridgehead atoms. The minimum Gasteiger partial charge on any atom is -0.308 e. The molecule has 0 saturated carbocycles. The number of nitrogens with one attached hydrogen (secondary N) is 1. The van der Waals surface area contributed by atoms with Crippen molar-refractivity contribution in [3.8, 4) is 0 Å². The van der Waals surface area contributed by atoms with E-state index in [0.29, 0.717) is 0 Å². The van der Waals surface area contributed by atoms with Crippen LogP contribution >= 0.6 is 0 Å². The quantitative estimate of drug-likeness (QED) is 0.866. The van der Waals surface area contributed by atoms with Gasteiger partial charge in [0.1, 0.15) is 12.1 Å². The van der Waals surface area contributed by atoms with Gasteiger partial charge in [-0.1, -0.05) is 0 Å². The maximum absolute atomic E-state index is 12.7. The van der Waals surface area contributed by atoms with Crippen LogP contribution in [-0.2, 0) is 13.5 Å². The van der Waals surface area contributed by atoms with Gasteiger partial charge in [-0.15, -0.1) is 0 Å². The second kappa shape index (κ2) is 5.68. The van der Waals surface area contributed by atoms with E-state index in [1.807, 2.05) is 14.0 Å². The highest BCUT2D eigenvalue weighted by Crippen LogP contribution is 2.08. The van der Waals surface area contributed by atoms with Gasteiger partial charge in [0.2, 0.25) is 0 Å². The second-order valence-electron chi connectivity index (χ2n) is 4.16. The summed E-state index contributed by atoms with van der Waals surface area (Å²) < 4.78 is 14.4. The molecule has 96 valence electrons. The minimum absolute atomic E-state index is 0.0781. The molecule has 1 unspecified atom stereocenters. The first-order valence-electron chi connectivity index (χ1n) is 5.84. The highest BCUT2D eigenvalue weighted by atomic mass is 19.1. The fourth-order valence-electron chi connectivity index (χ4n) is 1.65. The van der Waals surface area contributed by atoms with Gasteiger partial charge < -0.3 is 5.32 Å². The first-order valence-corrected chi connectivity index (χ1v) is 5.84. The lowest BCUT2D eigenvalue weighted by atomic mass is 10.2. The third-order valence-corrected chi connectivity index (χ3v) is 2.64. The summed E-state index contributed by atoms with van der Waals surface area (Å²) in [6.07, 6.45) is 3.67. The Labute approximate surface area is 105 Å². The van der Waals surface area contributed by atoms with Crippen LogP contribution in [0.2, 0.25) is 0 Å². The minimum atomic E-state index is -0.316. The summed E-state index contributed by atoms with van der Waals surface area (Å²) in [4.78, 5) is 8.18. The van der Waals surface area contributed by atoms with Crippen molar-refractivity contribution in [2.75, 3.05) is 6.54 Å². The Morgan fingerprint density at radius 1 is 1.39 bits per heavy atom. The monoisotopic (exact) mass is 249 g/mol. The molecule has 0 aliphatic rings. The highest BCUT2D eigenvalue weighted by Gasteiger charge is 2.06. The van der Waals surface area contributed by atoms with E-state index in [4.69, 9.17) is 0 Å². The molecule has 0 spiro atoms. The summed E-state index contributed by atoms with van der Waals surface area (Å²) in [6, 6.07) is 3.18. The van der Waals surface area contributed by atoms with Gasteiger partial charge >= 0.3 is 0 Å². The Hall–Kier alpha value is -1.82. The third-order valence-electron chi connectivity index (χ3n) is 2.64. The average molecular weight is 249 g/mol. The summed E-state index contributed by atoms with van der Waals surface area (Å²) >= 11 is 0. The second-order valence-corrected chi connectivity index (χ2v) is 4.16. The van der Waals surface area contributed by atoms with Crippen molar-refractivity contribution in [2.45, 2.75) is 19.4 Å². The van der Waals surface area contributed by atoms with Crippen molar-refractivity contribution in [3.63, 3.8) is 0 Å². The van der Waals surface area contributed by atoms with Crippen LogP contribution in [0.3, 0.4) is 0 Å². The maximum atomic E-state index is 12.7. The Morgan fingerprint density at radius 3 is 2.83 bits per heavy atom. The number of aromatic nitrogens is 4. The molecular formula is C12H16FN5. The fraction of sp³-hybridized carbons (Fsp3) is 0.417. The Morgan fingerprint density at radius 2 is 2.22 bits per heavy atom. The van der Waals surface area contributed by atoms with E-state index in [1.54, 1.807) is 17.1 Å². The summed E-state index contributed by atoms with van der Waals surface area (Å²) in [7, 11) is 1.84. The standard InChI is InChI=1S/C12H16FN5/c1-9(11-4-3-10(13)7-15-11)14-6-5-12-16-8-18(2)17-12/h3-4,7-9,14H,5-6H2,1-2H3. The summed E-state index contributed by atoms with van der Waals surface area (Å²) in [5.74, 6) is 0.493. The molecule has 0 aliphatic carbocycles. The topological polar surface area (TPSA) is 55.6 Å². The SMILES string of the molecule is CC(NCCc1ncn(C)n1)c1ccc(F)cn1. The zero-order chi connectivity index (χ0) is 13.0. The molecule has 2 aromatic heterocycles. The van der Waals surface area contributed by atoms with Crippen molar-refractivity contribution in [1.29, 1.82) is 0 Å². The van der Waals surface area contributed by atoms with Crippen LogP contribution in [0.15, 0.2) is 24.7 Å². The molecule has 1 atom stereocenters. The van der Waals surface area contributed by atoms with Crippen LogP contribution in [-0.4, -0.2) is 26.3 Å². The largest absolute Gasteiger partial charge is 0.308 e. The van der Waals surface area contributed by atoms with Crippen molar-refractivity contribution in [3.05, 3.63) is 42.0 Å². The van der Waals surface area contributed by atoms with E-state index in [2.05, 4.69) is 20.4 Å². The first-order chi connectivity index (χ1) is 8.65. The zero-order valence-corrected chi connectivity index (χ0v) is 10.5. The van der Waals surface area contributed by atoms with Crippen LogP contribution in [0.4, 0.5) is 4.39 Å². The van der Waals surface area contributed by atoms with Crippen LogP contribution < -0.4 is 5.32 Å². The molecule has 0 amide bonds. The number of hydrogen-bond donors (Lipinski definition) is 1. The number of halogens is 1. The van der Waals surface area contributed by atoms with Gasteiger partial charge in [0.15, 0.2) is 5.82 Å². The number of aryl methyl sites for hydroxylation is 1. The normalized spacial score (nSPS) is 12.6. The molecule has 2 heterocycles. The molecule has 6 heteroatoms. The molecule has 5 nitrogen and oxygen atoms in total. The van der Waals surface area contributed by atoms with Crippen molar-refractivity contribution >= 4 is 0 Å². The number of hydrogen-bond acceptors (Lipinski definition) is 4. The van der Waals surface area contributed by atoms with Crippen molar-refractivity contribution in [2.24, 2.45) is 7.05 Å². The molecule has 0 radical (unpaired) electrons. The number of pyridine rings is 1. The van der Waals surface area contributed by atoms with Crippen LogP contribution in [0.1, 0.15) is 24.5 Å². The number of rotatable bonds is 5. The molecule has 1 N–H and O–H groups in total. The van der Waals surface area contributed by atoms with E-state index < -0.39 is 0 Å². The lowest BCUT2D eigenvalue weighted by molar-refractivity contribution is 0.551. The first kappa shape index (κ1) is 12.6. The smallest absolute Gasteiger partial charge is 0.151 e. The van der Waals surface area contributed by atoms with Gasteiger partial charge in [0.05, 0.1) is 11.9 Å². The van der Waals surface area contributed by atoms with Gasteiger partial charge in [0, 0.05) is 26.1 Å². The van der Waals surface area contributed by atoms with E-state index >= 15 is 0 Å². The molecule has 0 saturated heterocycles. The predicted octanol–water partition coefficient (Wildman–Crippen LogP) is 1.24. The van der Waals surface area contributed by atoms with Crippen LogP contribution in [0.5, 0.6) is 0 Å². The molecule has 2 rings (SSSR count). The van der Waals surface area contributed by atoms with Gasteiger partial charge in [-0.25, -0.2) is 9.37 Å². The van der Waals surface area contributed by atoms with Crippen LogP contribution in [0.25, 0.3) is 0 Å². The lowest BCUT2D eigenvalue weighted by Crippen LogP contribution is -2.22. The maximum Gasteiger partial charge on any atom is 0.151 e. The highest BCUT2D eigenvalue weighted by molar-refractivity contribution is 5.08. The van der Waals surface area contributed by atoms with E-state index in [0.717, 1.165) is 24.5 Å². The van der Waals surface area contributed by atoms with E-state index in [-0.39, 0.29) is 11.9 Å². The number of nitrogens with zero attached hydrogens (tertiary/aromatic N) is 4. The predicted molar refractivity (Wildman–Crippen MR) is 65.3 cm³/mol. The molecule has 0 fully saturated rings. The zero-order valence-electron chi connectivity index (χ0n) is 10.5. The third kappa shape index (κ3) is 3.33. The van der Waals surface area contributed by atoms with Gasteiger partial charge in [-0.2, -0.15) is 5.10 Å². The summed E-state index contributed by atoms with van der Waals surface area (Å²) in [5.41, 5.74) is 0.824. The van der Waals surface area contributed by atoms with Gasteiger partial charge in [-0.3, -0.25) is 9.67 Å². The molecule has 0 aliphatic heterocycles. The Kier molecular flexibility index (Phi) is 3.99. The van der Waals surface area contributed by atoms with Crippen molar-refractivity contribution < 1.29 is 4.39 Å². The molecular weight excluding hydrogens is 233 g/mol. The van der Waals surface area contributed by atoms with Crippen LogP contribution in [0, 0.1) is 5.82 Å².